The van der Waals surface area contributed by atoms with Gasteiger partial charge in [-0.3, -0.25) is 0 Å². The molecule has 1 heterocycles. The number of nitrogen functional groups attached to an aromatic ring is 1. The molecule has 4 heteroatoms. The van der Waals surface area contributed by atoms with Crippen LogP contribution in [0.2, 0.25) is 0 Å². The molecular weight excluding hydrogens is 152 g/mol. The molecule has 0 aliphatic carbocycles. The Balaban J connectivity index is 3.12. The Morgan fingerprint density at radius 2 is 2.17 bits per heavy atom. The predicted octanol–water partition coefficient (Wildman–Crippen LogP) is 0.641. The number of hydrogen-bond donors (Lipinski definition) is 2. The molecule has 0 atom stereocenters. The van der Waals surface area contributed by atoms with E-state index in [2.05, 4.69) is 23.8 Å². The van der Waals surface area contributed by atoms with E-state index in [1.165, 1.54) is 0 Å². The minimum Gasteiger partial charge on any atom is -0.368 e. The molecule has 0 aliphatic rings. The lowest BCUT2D eigenvalue weighted by molar-refractivity contribution is 0.788. The number of nitrogens with two attached hydrogens (primary N) is 2. The largest absolute Gasteiger partial charge is 0.368 e. The highest BCUT2D eigenvalue weighted by atomic mass is 15.0. The number of aromatic nitrogens is 2. The molecular formula is C8H14N4. The van der Waals surface area contributed by atoms with Gasteiger partial charge in [0.2, 0.25) is 5.95 Å². The average Bonchev–Trinajstić information content (AvgIpc) is 2.04. The topological polar surface area (TPSA) is 77.8 Å². The Morgan fingerprint density at radius 3 is 2.67 bits per heavy atom. The molecule has 0 fully saturated rings. The van der Waals surface area contributed by atoms with Crippen molar-refractivity contribution in [3.05, 3.63) is 17.5 Å². The van der Waals surface area contributed by atoms with Crippen molar-refractivity contribution in [2.75, 3.05) is 5.73 Å². The van der Waals surface area contributed by atoms with Crippen LogP contribution in [0.5, 0.6) is 0 Å². The van der Waals surface area contributed by atoms with Crippen LogP contribution in [0.3, 0.4) is 0 Å². The summed E-state index contributed by atoms with van der Waals surface area (Å²) < 4.78 is 0. The number of anilines is 1. The molecule has 1 aromatic heterocycles. The van der Waals surface area contributed by atoms with E-state index in [1.54, 1.807) is 6.20 Å². The van der Waals surface area contributed by atoms with E-state index in [4.69, 9.17) is 11.5 Å². The minimum atomic E-state index is 0.316. The summed E-state index contributed by atoms with van der Waals surface area (Å²) in [5.74, 6) is 0.657. The van der Waals surface area contributed by atoms with Crippen molar-refractivity contribution >= 4 is 5.95 Å². The van der Waals surface area contributed by atoms with Gasteiger partial charge in [-0.05, 0) is 5.92 Å². The summed E-state index contributed by atoms with van der Waals surface area (Å²) >= 11 is 0. The van der Waals surface area contributed by atoms with Crippen LogP contribution in [0.1, 0.15) is 31.0 Å². The zero-order valence-corrected chi connectivity index (χ0v) is 7.41. The smallest absolute Gasteiger partial charge is 0.220 e. The minimum absolute atomic E-state index is 0.316. The van der Waals surface area contributed by atoms with Crippen molar-refractivity contribution in [2.24, 2.45) is 5.73 Å². The summed E-state index contributed by atoms with van der Waals surface area (Å²) in [6.45, 7) is 4.58. The zero-order valence-electron chi connectivity index (χ0n) is 7.41. The zero-order chi connectivity index (χ0) is 9.14. The van der Waals surface area contributed by atoms with E-state index in [9.17, 15) is 0 Å². The van der Waals surface area contributed by atoms with Crippen LogP contribution in [0.15, 0.2) is 6.20 Å². The van der Waals surface area contributed by atoms with Gasteiger partial charge in [0.25, 0.3) is 0 Å². The molecule has 0 saturated carbocycles. The van der Waals surface area contributed by atoms with Crippen molar-refractivity contribution in [3.8, 4) is 0 Å². The molecule has 0 spiro atoms. The second kappa shape index (κ2) is 3.49. The molecule has 0 aromatic carbocycles. The Morgan fingerprint density at radius 1 is 1.50 bits per heavy atom. The van der Waals surface area contributed by atoms with Crippen molar-refractivity contribution in [1.29, 1.82) is 0 Å². The first kappa shape index (κ1) is 8.93. The third-order valence-electron chi connectivity index (χ3n) is 1.68. The molecule has 1 aromatic rings. The molecule has 0 bridgehead atoms. The Labute approximate surface area is 72.0 Å². The summed E-state index contributed by atoms with van der Waals surface area (Å²) in [5, 5.41) is 0. The molecule has 4 N–H and O–H groups in total. The van der Waals surface area contributed by atoms with Crippen LogP contribution in [0, 0.1) is 0 Å². The van der Waals surface area contributed by atoms with Crippen LogP contribution in [0.25, 0.3) is 0 Å². The second-order valence-corrected chi connectivity index (χ2v) is 3.00. The SMILES string of the molecule is CC(C)c1nc(N)ncc1CN. The van der Waals surface area contributed by atoms with Crippen LogP contribution in [-0.4, -0.2) is 9.97 Å². The Bertz CT molecular complexity index is 270. The molecule has 1 rings (SSSR count). The van der Waals surface area contributed by atoms with Crippen molar-refractivity contribution in [2.45, 2.75) is 26.3 Å². The molecule has 0 unspecified atom stereocenters. The number of rotatable bonds is 2. The van der Waals surface area contributed by atoms with E-state index >= 15 is 0 Å². The monoisotopic (exact) mass is 166 g/mol. The van der Waals surface area contributed by atoms with E-state index in [1.807, 2.05) is 0 Å². The van der Waals surface area contributed by atoms with Gasteiger partial charge in [0, 0.05) is 18.3 Å². The lowest BCUT2D eigenvalue weighted by atomic mass is 10.1. The van der Waals surface area contributed by atoms with Crippen LogP contribution in [0.4, 0.5) is 5.95 Å². The van der Waals surface area contributed by atoms with Crippen LogP contribution < -0.4 is 11.5 Å². The fraction of sp³-hybridized carbons (Fsp3) is 0.500. The lowest BCUT2D eigenvalue weighted by Gasteiger charge is -2.09. The predicted molar refractivity (Wildman–Crippen MR) is 48.4 cm³/mol. The highest BCUT2D eigenvalue weighted by molar-refractivity contribution is 5.26. The third-order valence-corrected chi connectivity index (χ3v) is 1.68. The summed E-state index contributed by atoms with van der Waals surface area (Å²) in [6.07, 6.45) is 1.69. The van der Waals surface area contributed by atoms with E-state index in [0.717, 1.165) is 11.3 Å². The first-order valence-electron chi connectivity index (χ1n) is 3.96. The average molecular weight is 166 g/mol. The van der Waals surface area contributed by atoms with Gasteiger partial charge in [-0.2, -0.15) is 0 Å². The van der Waals surface area contributed by atoms with Gasteiger partial charge in [-0.1, -0.05) is 13.8 Å². The summed E-state index contributed by atoms with van der Waals surface area (Å²) in [6, 6.07) is 0. The summed E-state index contributed by atoms with van der Waals surface area (Å²) in [4.78, 5) is 8.01. The maximum absolute atomic E-state index is 5.52. The van der Waals surface area contributed by atoms with Gasteiger partial charge in [-0.25, -0.2) is 9.97 Å². The van der Waals surface area contributed by atoms with E-state index in [0.29, 0.717) is 18.4 Å². The molecule has 12 heavy (non-hydrogen) atoms. The number of hydrogen-bond acceptors (Lipinski definition) is 4. The first-order chi connectivity index (χ1) is 5.65. The molecule has 0 amide bonds. The molecule has 0 radical (unpaired) electrons. The van der Waals surface area contributed by atoms with Gasteiger partial charge >= 0.3 is 0 Å². The quantitative estimate of drug-likeness (QED) is 0.675. The fourth-order valence-corrected chi connectivity index (χ4v) is 1.09. The molecule has 0 aliphatic heterocycles. The maximum atomic E-state index is 5.52. The third kappa shape index (κ3) is 1.71. The first-order valence-corrected chi connectivity index (χ1v) is 3.96. The van der Waals surface area contributed by atoms with Gasteiger partial charge in [0.1, 0.15) is 0 Å². The van der Waals surface area contributed by atoms with E-state index < -0.39 is 0 Å². The maximum Gasteiger partial charge on any atom is 0.220 e. The van der Waals surface area contributed by atoms with Crippen molar-refractivity contribution in [3.63, 3.8) is 0 Å². The fourth-order valence-electron chi connectivity index (χ4n) is 1.09. The normalized spacial score (nSPS) is 10.7. The highest BCUT2D eigenvalue weighted by Crippen LogP contribution is 2.16. The van der Waals surface area contributed by atoms with Crippen molar-refractivity contribution in [1.82, 2.24) is 9.97 Å². The standard InChI is InChI=1S/C8H14N4/c1-5(2)7-6(3-9)4-11-8(10)12-7/h4-5H,3,9H2,1-2H3,(H2,10,11,12). The Hall–Kier alpha value is -1.16. The lowest BCUT2D eigenvalue weighted by Crippen LogP contribution is -2.08. The summed E-state index contributed by atoms with van der Waals surface area (Å²) in [7, 11) is 0. The highest BCUT2D eigenvalue weighted by Gasteiger charge is 2.07. The van der Waals surface area contributed by atoms with Crippen LogP contribution in [-0.2, 0) is 6.54 Å². The Kier molecular flexibility index (Phi) is 2.60. The summed E-state index contributed by atoms with van der Waals surface area (Å²) in [5.41, 5.74) is 12.9. The number of nitrogens with zero attached hydrogens (tertiary/aromatic N) is 2. The van der Waals surface area contributed by atoms with Gasteiger partial charge in [0.05, 0.1) is 5.69 Å². The molecule has 4 nitrogen and oxygen atoms in total. The van der Waals surface area contributed by atoms with Crippen molar-refractivity contribution < 1.29 is 0 Å². The molecule has 0 saturated heterocycles. The van der Waals surface area contributed by atoms with Gasteiger partial charge < -0.3 is 11.5 Å². The molecule has 66 valence electrons. The van der Waals surface area contributed by atoms with Gasteiger partial charge in [-0.15, -0.1) is 0 Å². The van der Waals surface area contributed by atoms with Crippen LogP contribution >= 0.6 is 0 Å². The second-order valence-electron chi connectivity index (χ2n) is 3.00. The van der Waals surface area contributed by atoms with Gasteiger partial charge in [0.15, 0.2) is 0 Å². The van der Waals surface area contributed by atoms with E-state index in [-0.39, 0.29) is 0 Å².